The van der Waals surface area contributed by atoms with E-state index in [1.807, 2.05) is 6.92 Å². The van der Waals surface area contributed by atoms with Crippen LogP contribution in [0.2, 0.25) is 0 Å². The summed E-state index contributed by atoms with van der Waals surface area (Å²) in [5.74, 6) is -0.646. The van der Waals surface area contributed by atoms with Crippen molar-refractivity contribution in [2.45, 2.75) is 55.8 Å². The van der Waals surface area contributed by atoms with E-state index in [9.17, 15) is 9.90 Å². The fourth-order valence-corrected chi connectivity index (χ4v) is 1.63. The highest BCUT2D eigenvalue weighted by atomic mass is 127. The Morgan fingerprint density at radius 1 is 1.53 bits per heavy atom. The van der Waals surface area contributed by atoms with Gasteiger partial charge in [-0.1, -0.05) is 29.5 Å². The highest BCUT2D eigenvalue weighted by molar-refractivity contribution is 14.1. The van der Waals surface area contributed by atoms with Gasteiger partial charge in [0.05, 0.1) is 0 Å². The molecule has 0 spiro atoms. The minimum atomic E-state index is -1.23. The molecule has 0 saturated heterocycles. The van der Waals surface area contributed by atoms with Crippen LogP contribution in [0.4, 0.5) is 0 Å². The van der Waals surface area contributed by atoms with E-state index in [0.717, 1.165) is 0 Å². The average molecular weight is 329 g/mol. The van der Waals surface area contributed by atoms with Crippen molar-refractivity contribution in [3.8, 4) is 0 Å². The van der Waals surface area contributed by atoms with Crippen LogP contribution in [0, 0.1) is 0 Å². The number of hydrogen-bond donors (Lipinski definition) is 2. The Labute approximate surface area is 105 Å². The van der Waals surface area contributed by atoms with Crippen molar-refractivity contribution in [3.05, 3.63) is 0 Å². The predicted molar refractivity (Wildman–Crippen MR) is 67.9 cm³/mol. The average Bonchev–Trinajstić information content (AvgIpc) is 1.98. The van der Waals surface area contributed by atoms with Crippen molar-refractivity contribution < 1.29 is 14.6 Å². The molecular formula is C10H20INO3. The van der Waals surface area contributed by atoms with E-state index in [0.29, 0.717) is 10.3 Å². The van der Waals surface area contributed by atoms with Gasteiger partial charge >= 0.3 is 5.97 Å². The number of alkyl halides is 1. The largest absolute Gasteiger partial charge is 0.458 e. The Kier molecular flexibility index (Phi) is 6.05. The summed E-state index contributed by atoms with van der Waals surface area (Å²) in [5.41, 5.74) is 5.09. The van der Waals surface area contributed by atoms with Gasteiger partial charge < -0.3 is 15.6 Å². The summed E-state index contributed by atoms with van der Waals surface area (Å²) < 4.78 is 5.35. The van der Waals surface area contributed by atoms with Gasteiger partial charge in [-0.25, -0.2) is 4.79 Å². The first-order valence-corrected chi connectivity index (χ1v) is 6.18. The quantitative estimate of drug-likeness (QED) is 0.462. The first kappa shape index (κ1) is 15.1. The predicted octanol–water partition coefficient (Wildman–Crippen LogP) is 1.23. The second-order valence-electron chi connectivity index (χ2n) is 4.66. The van der Waals surface area contributed by atoms with Gasteiger partial charge in [-0.05, 0) is 27.2 Å². The molecule has 90 valence electrons. The van der Waals surface area contributed by atoms with Gasteiger partial charge in [-0.3, -0.25) is 0 Å². The zero-order valence-corrected chi connectivity index (χ0v) is 11.8. The molecule has 0 fully saturated rings. The Balaban J connectivity index is 4.20. The lowest BCUT2D eigenvalue weighted by Crippen LogP contribution is -2.44. The zero-order chi connectivity index (χ0) is 12.2. The third kappa shape index (κ3) is 7.08. The summed E-state index contributed by atoms with van der Waals surface area (Å²) >= 11 is 2.20. The van der Waals surface area contributed by atoms with Crippen LogP contribution in [0.5, 0.6) is 0 Å². The van der Waals surface area contributed by atoms with E-state index in [-0.39, 0.29) is 0 Å². The summed E-state index contributed by atoms with van der Waals surface area (Å²) in [6.07, 6.45) is -0.650. The monoisotopic (exact) mass is 329 g/mol. The molecule has 0 radical (unpaired) electrons. The van der Waals surface area contributed by atoms with Gasteiger partial charge in [0.2, 0.25) is 0 Å². The van der Waals surface area contributed by atoms with Crippen molar-refractivity contribution in [1.29, 1.82) is 0 Å². The summed E-state index contributed by atoms with van der Waals surface area (Å²) in [6.45, 7) is 7.24. The summed E-state index contributed by atoms with van der Waals surface area (Å²) in [5, 5.41) is 9.60. The van der Waals surface area contributed by atoms with Gasteiger partial charge in [0, 0.05) is 9.97 Å². The normalized spacial score (nSPS) is 18.1. The van der Waals surface area contributed by atoms with Crippen molar-refractivity contribution >= 4 is 28.6 Å². The molecule has 0 aliphatic rings. The number of hydrogen-bond acceptors (Lipinski definition) is 4. The zero-order valence-electron chi connectivity index (χ0n) is 9.66. The molecule has 0 aromatic heterocycles. The Hall–Kier alpha value is 0.120. The first-order valence-electron chi connectivity index (χ1n) is 4.94. The first-order chi connectivity index (χ1) is 6.63. The number of aliphatic hydroxyl groups excluding tert-OH is 1. The van der Waals surface area contributed by atoms with E-state index < -0.39 is 23.7 Å². The number of esters is 1. The molecule has 0 aliphatic carbocycles. The van der Waals surface area contributed by atoms with Crippen molar-refractivity contribution in [2.75, 3.05) is 0 Å². The van der Waals surface area contributed by atoms with Crippen LogP contribution in [0.15, 0.2) is 0 Å². The number of rotatable bonds is 4. The van der Waals surface area contributed by atoms with E-state index in [1.54, 1.807) is 20.8 Å². The number of carbonyl (C=O) groups is 1. The lowest BCUT2D eigenvalue weighted by molar-refractivity contribution is -0.166. The Morgan fingerprint density at radius 2 is 2.00 bits per heavy atom. The van der Waals surface area contributed by atoms with Gasteiger partial charge in [-0.2, -0.15) is 0 Å². The molecule has 0 bridgehead atoms. The van der Waals surface area contributed by atoms with E-state index in [2.05, 4.69) is 22.6 Å². The van der Waals surface area contributed by atoms with E-state index in [4.69, 9.17) is 10.5 Å². The van der Waals surface area contributed by atoms with E-state index in [1.165, 1.54) is 0 Å². The fourth-order valence-electron chi connectivity index (χ4n) is 1.04. The second kappa shape index (κ2) is 6.00. The molecule has 0 unspecified atom stereocenters. The van der Waals surface area contributed by atoms with Gasteiger partial charge in [0.25, 0.3) is 0 Å². The highest BCUT2D eigenvalue weighted by Crippen LogP contribution is 2.13. The molecule has 0 saturated carbocycles. The lowest BCUT2D eigenvalue weighted by Gasteiger charge is -2.24. The Morgan fingerprint density at radius 3 is 2.33 bits per heavy atom. The minimum Gasteiger partial charge on any atom is -0.458 e. The molecule has 0 amide bonds. The number of carbonyl (C=O) groups excluding carboxylic acids is 1. The molecular weight excluding hydrogens is 309 g/mol. The van der Waals surface area contributed by atoms with Crippen LogP contribution in [0.3, 0.4) is 0 Å². The highest BCUT2D eigenvalue weighted by Gasteiger charge is 2.28. The number of nitrogens with two attached hydrogens (primary N) is 1. The molecule has 0 heterocycles. The molecule has 4 nitrogen and oxygen atoms in total. The molecule has 3 N–H and O–H groups in total. The molecule has 0 aromatic rings. The van der Waals surface area contributed by atoms with Crippen LogP contribution < -0.4 is 5.73 Å². The molecule has 5 heteroatoms. The number of aliphatic hydroxyl groups is 1. The third-order valence-corrected chi connectivity index (χ3v) is 2.16. The molecule has 0 rings (SSSR count). The van der Waals surface area contributed by atoms with Crippen LogP contribution in [-0.2, 0) is 9.53 Å². The standard InChI is InChI=1S/C10H20INO3/c1-6(11)5-7(12)8(13)9(14)15-10(2,3)4/h6-8,13H,5,12H2,1-4H3/t6-,7+,8-/m1/s1. The van der Waals surface area contributed by atoms with Crippen molar-refractivity contribution in [3.63, 3.8) is 0 Å². The maximum absolute atomic E-state index is 11.4. The van der Waals surface area contributed by atoms with Crippen LogP contribution in [0.1, 0.15) is 34.1 Å². The molecule has 0 aliphatic heterocycles. The summed E-state index contributed by atoms with van der Waals surface area (Å²) in [7, 11) is 0. The molecule has 0 aromatic carbocycles. The fraction of sp³-hybridized carbons (Fsp3) is 0.900. The third-order valence-electron chi connectivity index (χ3n) is 1.65. The topological polar surface area (TPSA) is 72.5 Å². The van der Waals surface area contributed by atoms with Gasteiger partial charge in [-0.15, -0.1) is 0 Å². The number of halogens is 1. The Bertz CT molecular complexity index is 213. The van der Waals surface area contributed by atoms with E-state index >= 15 is 0 Å². The smallest absolute Gasteiger partial charge is 0.337 e. The molecule has 3 atom stereocenters. The maximum atomic E-state index is 11.4. The number of ether oxygens (including phenoxy) is 1. The molecule has 15 heavy (non-hydrogen) atoms. The van der Waals surface area contributed by atoms with Gasteiger partial charge in [0.15, 0.2) is 6.10 Å². The van der Waals surface area contributed by atoms with Crippen molar-refractivity contribution in [1.82, 2.24) is 0 Å². The van der Waals surface area contributed by atoms with Gasteiger partial charge in [0.1, 0.15) is 5.60 Å². The SMILES string of the molecule is C[C@@H](I)C[C@H](N)[C@@H](O)C(=O)OC(C)(C)C. The van der Waals surface area contributed by atoms with Crippen molar-refractivity contribution in [2.24, 2.45) is 5.73 Å². The lowest BCUT2D eigenvalue weighted by atomic mass is 10.1. The minimum absolute atomic E-state index is 0.315. The van der Waals surface area contributed by atoms with Crippen LogP contribution in [-0.4, -0.2) is 32.7 Å². The van der Waals surface area contributed by atoms with Crippen LogP contribution >= 0.6 is 22.6 Å². The summed E-state index contributed by atoms with van der Waals surface area (Å²) in [6, 6.07) is -0.563. The second-order valence-corrected chi connectivity index (χ2v) is 6.79. The van der Waals surface area contributed by atoms with Crippen LogP contribution in [0.25, 0.3) is 0 Å². The summed E-state index contributed by atoms with van der Waals surface area (Å²) in [4.78, 5) is 11.4. The maximum Gasteiger partial charge on any atom is 0.337 e.